The van der Waals surface area contributed by atoms with E-state index < -0.39 is 0 Å². The molecule has 0 amide bonds. The maximum atomic E-state index is 4.34. The Morgan fingerprint density at radius 2 is 1.73 bits per heavy atom. The van der Waals surface area contributed by atoms with Gasteiger partial charge in [-0.05, 0) is 43.0 Å². The van der Waals surface area contributed by atoms with Crippen LogP contribution >= 0.6 is 0 Å². The van der Waals surface area contributed by atoms with Gasteiger partial charge >= 0.3 is 0 Å². The van der Waals surface area contributed by atoms with Crippen molar-refractivity contribution in [3.63, 3.8) is 0 Å². The Morgan fingerprint density at radius 1 is 1.00 bits per heavy atom. The molecule has 1 aliphatic carbocycles. The zero-order chi connectivity index (χ0) is 16.2. The molecule has 0 aliphatic heterocycles. The number of nitrogens with zero attached hydrogens (tertiary/aromatic N) is 1. The number of fused-ring (bicyclic) bond motifs is 1. The summed E-state index contributed by atoms with van der Waals surface area (Å²) in [6.45, 7) is 9.12. The largest absolute Gasteiger partial charge is 0.385 e. The molecule has 0 atom stereocenters. The van der Waals surface area contributed by atoms with Crippen LogP contribution in [0.5, 0.6) is 0 Å². The van der Waals surface area contributed by atoms with Gasteiger partial charge in [0.25, 0.3) is 0 Å². The maximum absolute atomic E-state index is 4.34. The van der Waals surface area contributed by atoms with Gasteiger partial charge in [0, 0.05) is 23.8 Å². The summed E-state index contributed by atoms with van der Waals surface area (Å²) >= 11 is 0. The third-order valence-electron chi connectivity index (χ3n) is 3.92. The second-order valence-electron chi connectivity index (χ2n) is 5.30. The standard InChI is InChI=1S/C16H20N2.2C2H6/c1-2-5-13(6-3-1)12-18-15-8-9-16-14(11-15)7-4-10-17-16;2*1-2/h4,7-11,13,18H,1-3,5-6,12H2;2*1-2H3. The molecule has 0 unspecified atom stereocenters. The van der Waals surface area contributed by atoms with Crippen molar-refractivity contribution in [3.8, 4) is 0 Å². The van der Waals surface area contributed by atoms with Crippen LogP contribution in [0.3, 0.4) is 0 Å². The zero-order valence-electron chi connectivity index (χ0n) is 14.7. The van der Waals surface area contributed by atoms with Crippen LogP contribution in [-0.2, 0) is 0 Å². The summed E-state index contributed by atoms with van der Waals surface area (Å²) in [5.74, 6) is 0.864. The third-order valence-corrected chi connectivity index (χ3v) is 3.92. The lowest BCUT2D eigenvalue weighted by Crippen LogP contribution is -2.16. The summed E-state index contributed by atoms with van der Waals surface area (Å²) in [4.78, 5) is 4.34. The molecule has 0 bridgehead atoms. The summed E-state index contributed by atoms with van der Waals surface area (Å²) in [7, 11) is 0. The topological polar surface area (TPSA) is 24.9 Å². The number of nitrogens with one attached hydrogen (secondary N) is 1. The first kappa shape index (κ1) is 18.5. The average molecular weight is 300 g/mol. The van der Waals surface area contributed by atoms with Crippen LogP contribution in [-0.4, -0.2) is 11.5 Å². The van der Waals surface area contributed by atoms with Crippen LogP contribution in [0.4, 0.5) is 5.69 Å². The predicted octanol–water partition coefficient (Wildman–Crippen LogP) is 6.28. The number of benzene rings is 1. The van der Waals surface area contributed by atoms with Crippen LogP contribution in [0.2, 0.25) is 0 Å². The molecular weight excluding hydrogens is 268 g/mol. The lowest BCUT2D eigenvalue weighted by Gasteiger charge is -2.22. The quantitative estimate of drug-likeness (QED) is 0.721. The molecular formula is C20H32N2. The number of hydrogen-bond acceptors (Lipinski definition) is 2. The molecule has 2 aromatic rings. The molecule has 1 aromatic carbocycles. The molecule has 3 rings (SSSR count). The van der Waals surface area contributed by atoms with Crippen molar-refractivity contribution in [1.82, 2.24) is 4.98 Å². The van der Waals surface area contributed by atoms with Gasteiger partial charge in [0.05, 0.1) is 5.52 Å². The number of pyridine rings is 1. The number of rotatable bonds is 3. The SMILES string of the molecule is CC.CC.c1cnc2ccc(NCC3CCCCC3)cc2c1. The van der Waals surface area contributed by atoms with Crippen LogP contribution in [0.25, 0.3) is 10.9 Å². The van der Waals surface area contributed by atoms with E-state index in [0.29, 0.717) is 0 Å². The fourth-order valence-corrected chi connectivity index (χ4v) is 2.84. The Hall–Kier alpha value is -1.57. The molecule has 2 nitrogen and oxygen atoms in total. The molecule has 0 radical (unpaired) electrons. The molecule has 1 aliphatic rings. The van der Waals surface area contributed by atoms with Crippen molar-refractivity contribution in [2.75, 3.05) is 11.9 Å². The van der Waals surface area contributed by atoms with E-state index in [-0.39, 0.29) is 0 Å². The van der Waals surface area contributed by atoms with Gasteiger partial charge in [-0.3, -0.25) is 4.98 Å². The van der Waals surface area contributed by atoms with Crippen molar-refractivity contribution >= 4 is 16.6 Å². The number of aromatic nitrogens is 1. The zero-order valence-corrected chi connectivity index (χ0v) is 14.7. The molecule has 122 valence electrons. The van der Waals surface area contributed by atoms with Crippen molar-refractivity contribution in [2.24, 2.45) is 5.92 Å². The summed E-state index contributed by atoms with van der Waals surface area (Å²) in [6, 6.07) is 10.5. The van der Waals surface area contributed by atoms with E-state index in [1.165, 1.54) is 43.2 Å². The van der Waals surface area contributed by atoms with Gasteiger partial charge < -0.3 is 5.32 Å². The highest BCUT2D eigenvalue weighted by Gasteiger charge is 2.12. The highest BCUT2D eigenvalue weighted by molar-refractivity contribution is 5.82. The molecule has 2 heteroatoms. The Labute approximate surface area is 136 Å². The summed E-state index contributed by atoms with van der Waals surface area (Å²) in [5.41, 5.74) is 2.29. The maximum Gasteiger partial charge on any atom is 0.0703 e. The molecule has 0 spiro atoms. The van der Waals surface area contributed by atoms with E-state index in [9.17, 15) is 0 Å². The molecule has 1 fully saturated rings. The second-order valence-corrected chi connectivity index (χ2v) is 5.30. The van der Waals surface area contributed by atoms with Gasteiger partial charge in [0.1, 0.15) is 0 Å². The minimum absolute atomic E-state index is 0.864. The first-order valence-electron chi connectivity index (χ1n) is 9.00. The third kappa shape index (κ3) is 5.67. The fraction of sp³-hybridized carbons (Fsp3) is 0.550. The van der Waals surface area contributed by atoms with Gasteiger partial charge in [0.2, 0.25) is 0 Å². The van der Waals surface area contributed by atoms with Gasteiger partial charge in [-0.25, -0.2) is 0 Å². The number of anilines is 1. The highest BCUT2D eigenvalue weighted by Crippen LogP contribution is 2.24. The summed E-state index contributed by atoms with van der Waals surface area (Å²) in [6.07, 6.45) is 8.88. The smallest absolute Gasteiger partial charge is 0.0703 e. The van der Waals surface area contributed by atoms with E-state index >= 15 is 0 Å². The molecule has 22 heavy (non-hydrogen) atoms. The van der Waals surface area contributed by atoms with Crippen molar-refractivity contribution < 1.29 is 0 Å². The van der Waals surface area contributed by atoms with Crippen molar-refractivity contribution in [1.29, 1.82) is 0 Å². The van der Waals surface area contributed by atoms with Crippen LogP contribution in [0.1, 0.15) is 59.8 Å². The molecule has 0 saturated heterocycles. The Bertz CT molecular complexity index is 516. The molecule has 1 heterocycles. The monoisotopic (exact) mass is 300 g/mol. The van der Waals surface area contributed by atoms with Gasteiger partial charge in [-0.2, -0.15) is 0 Å². The van der Waals surface area contributed by atoms with E-state index in [4.69, 9.17) is 0 Å². The van der Waals surface area contributed by atoms with E-state index in [0.717, 1.165) is 18.0 Å². The van der Waals surface area contributed by atoms with Gasteiger partial charge in [-0.1, -0.05) is 53.0 Å². The van der Waals surface area contributed by atoms with Gasteiger partial charge in [0.15, 0.2) is 0 Å². The average Bonchev–Trinajstić information content (AvgIpc) is 2.64. The fourth-order valence-electron chi connectivity index (χ4n) is 2.84. The normalized spacial score (nSPS) is 14.4. The predicted molar refractivity (Wildman–Crippen MR) is 99.5 cm³/mol. The Balaban J connectivity index is 0.000000561. The van der Waals surface area contributed by atoms with E-state index in [1.54, 1.807) is 0 Å². The summed E-state index contributed by atoms with van der Waals surface area (Å²) < 4.78 is 0. The van der Waals surface area contributed by atoms with Gasteiger partial charge in [-0.15, -0.1) is 0 Å². The first-order valence-corrected chi connectivity index (χ1v) is 9.00. The van der Waals surface area contributed by atoms with Crippen LogP contribution < -0.4 is 5.32 Å². The van der Waals surface area contributed by atoms with Crippen molar-refractivity contribution in [3.05, 3.63) is 36.5 Å². The van der Waals surface area contributed by atoms with E-state index in [2.05, 4.69) is 34.6 Å². The molecule has 1 saturated carbocycles. The highest BCUT2D eigenvalue weighted by atomic mass is 14.9. The summed E-state index contributed by atoms with van der Waals surface area (Å²) in [5, 5.41) is 4.79. The first-order chi connectivity index (χ1) is 10.9. The second kappa shape index (κ2) is 11.1. The van der Waals surface area contributed by atoms with Crippen molar-refractivity contribution in [2.45, 2.75) is 59.8 Å². The minimum atomic E-state index is 0.864. The Morgan fingerprint density at radius 3 is 2.45 bits per heavy atom. The number of hydrogen-bond donors (Lipinski definition) is 1. The lowest BCUT2D eigenvalue weighted by molar-refractivity contribution is 0.373. The van der Waals surface area contributed by atoms with Crippen LogP contribution in [0.15, 0.2) is 36.5 Å². The Kier molecular flexibility index (Phi) is 9.29. The minimum Gasteiger partial charge on any atom is -0.385 e. The lowest BCUT2D eigenvalue weighted by atomic mass is 9.89. The van der Waals surface area contributed by atoms with Crippen LogP contribution in [0, 0.1) is 5.92 Å². The molecule has 1 N–H and O–H groups in total. The van der Waals surface area contributed by atoms with E-state index in [1.807, 2.05) is 40.0 Å². The molecule has 1 aromatic heterocycles.